The maximum absolute atomic E-state index is 13.2. The summed E-state index contributed by atoms with van der Waals surface area (Å²) in [7, 11) is 0. The highest BCUT2D eigenvalue weighted by Gasteiger charge is 2.36. The number of carbonyl (C=O) groups is 2. The fourth-order valence-electron chi connectivity index (χ4n) is 2.44. The lowest BCUT2D eigenvalue weighted by molar-refractivity contribution is -0.114. The Morgan fingerprint density at radius 3 is 2.95 bits per heavy atom. The highest BCUT2D eigenvalue weighted by molar-refractivity contribution is 7.15. The Hall–Kier alpha value is -2.54. The fraction of sp³-hybridized carbons (Fsp3) is 0.0714. The number of amides is 1. The zero-order valence-corrected chi connectivity index (χ0v) is 11.4. The van der Waals surface area contributed by atoms with Gasteiger partial charge in [0.15, 0.2) is 4.96 Å². The number of fused-ring (bicyclic) bond motifs is 2. The Bertz CT molecular complexity index is 870. The van der Waals surface area contributed by atoms with Crippen molar-refractivity contribution in [2.45, 2.75) is 6.54 Å². The van der Waals surface area contributed by atoms with Gasteiger partial charge in [-0.3, -0.25) is 18.9 Å². The molecule has 0 unspecified atom stereocenters. The summed E-state index contributed by atoms with van der Waals surface area (Å²) in [6.07, 6.45) is 3.68. The molecule has 2 aromatic heterocycles. The molecule has 5 nitrogen and oxygen atoms in total. The summed E-state index contributed by atoms with van der Waals surface area (Å²) in [6.45, 7) is 0.192. The number of ketones is 1. The monoisotopic (exact) mass is 301 g/mol. The lowest BCUT2D eigenvalue weighted by atomic mass is 10.1. The summed E-state index contributed by atoms with van der Waals surface area (Å²) in [5.41, 5.74) is 1.23. The number of rotatable bonds is 2. The second-order valence-corrected chi connectivity index (χ2v) is 5.58. The van der Waals surface area contributed by atoms with Crippen LogP contribution in [0.15, 0.2) is 36.0 Å². The van der Waals surface area contributed by atoms with Gasteiger partial charge in [-0.1, -0.05) is 0 Å². The number of hydrogen-bond donors (Lipinski definition) is 0. The molecule has 3 aromatic rings. The molecule has 1 aromatic carbocycles. The molecule has 1 aliphatic rings. The van der Waals surface area contributed by atoms with Crippen LogP contribution >= 0.6 is 11.3 Å². The molecule has 0 radical (unpaired) electrons. The van der Waals surface area contributed by atoms with Crippen LogP contribution in [0.2, 0.25) is 0 Å². The number of carbonyl (C=O) groups excluding carboxylic acids is 2. The third-order valence-electron chi connectivity index (χ3n) is 3.40. The van der Waals surface area contributed by atoms with Gasteiger partial charge in [0.2, 0.25) is 0 Å². The lowest BCUT2D eigenvalue weighted by Gasteiger charge is -2.14. The highest BCUT2D eigenvalue weighted by Crippen LogP contribution is 2.30. The summed E-state index contributed by atoms with van der Waals surface area (Å²) >= 11 is 1.49. The first-order valence-corrected chi connectivity index (χ1v) is 7.08. The van der Waals surface area contributed by atoms with Crippen molar-refractivity contribution in [2.75, 3.05) is 4.90 Å². The van der Waals surface area contributed by atoms with E-state index in [0.717, 1.165) is 11.0 Å². The SMILES string of the molecule is O=C1C(=O)N(Cc2cn3ccsc3n2)c2ccc(F)cc21. The smallest absolute Gasteiger partial charge is 0.299 e. The second-order valence-electron chi connectivity index (χ2n) is 4.71. The number of imidazole rings is 1. The Balaban J connectivity index is 1.74. The maximum atomic E-state index is 13.2. The van der Waals surface area contributed by atoms with Crippen molar-refractivity contribution in [2.24, 2.45) is 0 Å². The zero-order valence-electron chi connectivity index (χ0n) is 10.6. The third kappa shape index (κ3) is 1.78. The first-order chi connectivity index (χ1) is 10.1. The number of Topliss-reactive ketones (excluding diaryl/α,β-unsaturated/α-hetero) is 1. The largest absolute Gasteiger partial charge is 0.299 e. The van der Waals surface area contributed by atoms with Crippen molar-refractivity contribution in [1.82, 2.24) is 9.38 Å². The minimum Gasteiger partial charge on any atom is -0.299 e. The Labute approximate surface area is 122 Å². The Morgan fingerprint density at radius 1 is 1.29 bits per heavy atom. The molecule has 0 atom stereocenters. The molecule has 1 aliphatic heterocycles. The molecule has 21 heavy (non-hydrogen) atoms. The van der Waals surface area contributed by atoms with Crippen LogP contribution < -0.4 is 4.90 Å². The number of nitrogens with zero attached hydrogens (tertiary/aromatic N) is 3. The molecular weight excluding hydrogens is 293 g/mol. The van der Waals surface area contributed by atoms with E-state index < -0.39 is 17.5 Å². The van der Waals surface area contributed by atoms with E-state index in [2.05, 4.69) is 4.98 Å². The number of thiazole rings is 1. The molecule has 0 saturated heterocycles. The molecule has 1 amide bonds. The van der Waals surface area contributed by atoms with Gasteiger partial charge in [0, 0.05) is 17.8 Å². The zero-order chi connectivity index (χ0) is 14.6. The summed E-state index contributed by atoms with van der Waals surface area (Å²) in [5.74, 6) is -1.85. The molecule has 104 valence electrons. The van der Waals surface area contributed by atoms with Crippen LogP contribution in [0.5, 0.6) is 0 Å². The van der Waals surface area contributed by atoms with Crippen LogP contribution in [0.3, 0.4) is 0 Å². The van der Waals surface area contributed by atoms with Crippen LogP contribution in [-0.2, 0) is 11.3 Å². The molecule has 3 heterocycles. The van der Waals surface area contributed by atoms with Gasteiger partial charge in [-0.15, -0.1) is 11.3 Å². The predicted octanol–water partition coefficient (Wildman–Crippen LogP) is 2.26. The average molecular weight is 301 g/mol. The first-order valence-electron chi connectivity index (χ1n) is 6.20. The average Bonchev–Trinajstić information content (AvgIpc) is 3.09. The van der Waals surface area contributed by atoms with Crippen LogP contribution in [-0.4, -0.2) is 21.1 Å². The number of aromatic nitrogens is 2. The van der Waals surface area contributed by atoms with Gasteiger partial charge in [0.1, 0.15) is 5.82 Å². The molecule has 0 saturated carbocycles. The Kier molecular flexibility index (Phi) is 2.46. The van der Waals surface area contributed by atoms with Crippen LogP contribution in [0.4, 0.5) is 10.1 Å². The number of anilines is 1. The molecule has 4 rings (SSSR count). The topological polar surface area (TPSA) is 54.7 Å². The van der Waals surface area contributed by atoms with Crippen molar-refractivity contribution >= 4 is 33.7 Å². The predicted molar refractivity (Wildman–Crippen MR) is 75.0 cm³/mol. The summed E-state index contributed by atoms with van der Waals surface area (Å²) in [5, 5.41) is 1.91. The van der Waals surface area contributed by atoms with Crippen LogP contribution in [0.25, 0.3) is 4.96 Å². The normalized spacial score (nSPS) is 14.2. The van der Waals surface area contributed by atoms with Gasteiger partial charge in [-0.05, 0) is 18.2 Å². The van der Waals surface area contributed by atoms with Crippen molar-refractivity contribution in [1.29, 1.82) is 0 Å². The van der Waals surface area contributed by atoms with Gasteiger partial charge < -0.3 is 0 Å². The van der Waals surface area contributed by atoms with Crippen molar-refractivity contribution in [3.8, 4) is 0 Å². The van der Waals surface area contributed by atoms with E-state index in [0.29, 0.717) is 11.4 Å². The molecule has 0 aliphatic carbocycles. The van der Waals surface area contributed by atoms with Crippen LogP contribution in [0, 0.1) is 5.82 Å². The van der Waals surface area contributed by atoms with E-state index in [1.54, 1.807) is 0 Å². The van der Waals surface area contributed by atoms with E-state index in [1.807, 2.05) is 22.2 Å². The third-order valence-corrected chi connectivity index (χ3v) is 4.17. The Morgan fingerprint density at radius 2 is 2.14 bits per heavy atom. The van der Waals surface area contributed by atoms with Crippen molar-refractivity contribution in [3.05, 3.63) is 53.0 Å². The van der Waals surface area contributed by atoms with Crippen molar-refractivity contribution < 1.29 is 14.0 Å². The highest BCUT2D eigenvalue weighted by atomic mass is 32.1. The van der Waals surface area contributed by atoms with Gasteiger partial charge in [-0.2, -0.15) is 0 Å². The van der Waals surface area contributed by atoms with E-state index in [4.69, 9.17) is 0 Å². The summed E-state index contributed by atoms with van der Waals surface area (Å²) in [6, 6.07) is 3.79. The quantitative estimate of drug-likeness (QED) is 0.682. The first kappa shape index (κ1) is 12.2. The summed E-state index contributed by atoms with van der Waals surface area (Å²) in [4.78, 5) is 30.5. The lowest BCUT2D eigenvalue weighted by Crippen LogP contribution is -2.29. The fourth-order valence-corrected chi connectivity index (χ4v) is 3.16. The van der Waals surface area contributed by atoms with E-state index in [1.165, 1.54) is 28.4 Å². The van der Waals surface area contributed by atoms with Gasteiger partial charge in [0.05, 0.1) is 23.5 Å². The minimum atomic E-state index is -0.675. The molecule has 0 N–H and O–H groups in total. The van der Waals surface area contributed by atoms with Gasteiger partial charge in [0.25, 0.3) is 11.7 Å². The van der Waals surface area contributed by atoms with E-state index in [-0.39, 0.29) is 12.1 Å². The standard InChI is InChI=1S/C14H8FN3O2S/c15-8-1-2-11-10(5-8)12(19)13(20)18(11)7-9-6-17-3-4-21-14(17)16-9/h1-6H,7H2. The maximum Gasteiger partial charge on any atom is 0.299 e. The number of benzene rings is 1. The van der Waals surface area contributed by atoms with Gasteiger partial charge in [-0.25, -0.2) is 9.37 Å². The molecular formula is C14H8FN3O2S. The van der Waals surface area contributed by atoms with Crippen LogP contribution in [0.1, 0.15) is 16.1 Å². The van der Waals surface area contributed by atoms with Crippen molar-refractivity contribution in [3.63, 3.8) is 0 Å². The van der Waals surface area contributed by atoms with E-state index >= 15 is 0 Å². The molecule has 0 bridgehead atoms. The number of hydrogen-bond acceptors (Lipinski definition) is 4. The summed E-state index contributed by atoms with van der Waals surface area (Å²) < 4.78 is 15.1. The van der Waals surface area contributed by atoms with E-state index in [9.17, 15) is 14.0 Å². The number of halogens is 1. The second kappa shape index (κ2) is 4.23. The molecule has 0 fully saturated rings. The molecule has 0 spiro atoms. The molecule has 7 heteroatoms. The van der Waals surface area contributed by atoms with Gasteiger partial charge >= 0.3 is 0 Å². The minimum absolute atomic E-state index is 0.112.